The van der Waals surface area contributed by atoms with Gasteiger partial charge < -0.3 is 4.57 Å². The van der Waals surface area contributed by atoms with Crippen LogP contribution >= 0.6 is 39.3 Å². The smallest absolute Gasteiger partial charge is 0.128 e. The number of hydrogen-bond donors (Lipinski definition) is 0. The fourth-order valence-electron chi connectivity index (χ4n) is 2.48. The zero-order chi connectivity index (χ0) is 12.7. The maximum Gasteiger partial charge on any atom is 0.128 e. The molecule has 5 heteroatoms. The molecule has 3 rings (SSSR count). The van der Waals surface area contributed by atoms with Gasteiger partial charge in [-0.2, -0.15) is 11.8 Å². The van der Waals surface area contributed by atoms with Gasteiger partial charge in [0, 0.05) is 16.3 Å². The van der Waals surface area contributed by atoms with Crippen molar-refractivity contribution in [3.63, 3.8) is 0 Å². The number of halogens is 2. The molecule has 0 spiro atoms. The molecule has 1 saturated heterocycles. The maximum atomic E-state index is 6.30. The first-order chi connectivity index (χ1) is 8.66. The molecule has 2 atom stereocenters. The van der Waals surface area contributed by atoms with E-state index in [9.17, 15) is 0 Å². The number of nitrogens with zero attached hydrogens (tertiary/aromatic N) is 2. The van der Waals surface area contributed by atoms with Crippen LogP contribution in [0, 0.1) is 0 Å². The Balaban J connectivity index is 2.21. The lowest BCUT2D eigenvalue weighted by molar-refractivity contribution is 0.549. The number of hydrogen-bond acceptors (Lipinski definition) is 2. The van der Waals surface area contributed by atoms with Crippen LogP contribution in [0.3, 0.4) is 0 Å². The van der Waals surface area contributed by atoms with E-state index in [-0.39, 0.29) is 5.38 Å². The molecule has 0 amide bonds. The zero-order valence-electron chi connectivity index (χ0n) is 10.1. The molecule has 1 aliphatic rings. The molecule has 18 heavy (non-hydrogen) atoms. The zero-order valence-corrected chi connectivity index (χ0v) is 13.2. The summed E-state index contributed by atoms with van der Waals surface area (Å²) in [5.74, 6) is 3.40. The van der Waals surface area contributed by atoms with Crippen LogP contribution in [-0.4, -0.2) is 21.1 Å². The predicted molar refractivity (Wildman–Crippen MR) is 82.7 cm³/mol. The van der Waals surface area contributed by atoms with Crippen LogP contribution < -0.4 is 0 Å². The number of imidazole rings is 1. The standard InChI is InChI=1S/C13H14BrClN2S/c1-8(15)13-16-11-6-9(14)2-3-12(11)17(13)10-4-5-18-7-10/h2-3,6,8,10H,4-5,7H2,1H3. The molecule has 1 aromatic carbocycles. The summed E-state index contributed by atoms with van der Waals surface area (Å²) in [4.78, 5) is 4.71. The number of thioether (sulfide) groups is 1. The van der Waals surface area contributed by atoms with E-state index in [4.69, 9.17) is 16.6 Å². The molecule has 0 N–H and O–H groups in total. The van der Waals surface area contributed by atoms with E-state index in [1.807, 2.05) is 18.7 Å². The Hall–Kier alpha value is -0.190. The molecular formula is C13H14BrClN2S. The van der Waals surface area contributed by atoms with Gasteiger partial charge in [0.1, 0.15) is 5.82 Å². The first-order valence-electron chi connectivity index (χ1n) is 6.06. The molecule has 0 radical (unpaired) electrons. The quantitative estimate of drug-likeness (QED) is 0.729. The van der Waals surface area contributed by atoms with E-state index < -0.39 is 0 Å². The molecule has 1 aromatic heterocycles. The Morgan fingerprint density at radius 2 is 2.39 bits per heavy atom. The van der Waals surface area contributed by atoms with Crippen LogP contribution in [0.2, 0.25) is 0 Å². The summed E-state index contributed by atoms with van der Waals surface area (Å²) in [5.41, 5.74) is 2.23. The highest BCUT2D eigenvalue weighted by Gasteiger charge is 2.24. The van der Waals surface area contributed by atoms with E-state index in [2.05, 4.69) is 38.7 Å². The molecule has 96 valence electrons. The third-order valence-corrected chi connectivity index (χ3v) is 5.14. The van der Waals surface area contributed by atoms with E-state index >= 15 is 0 Å². The molecule has 1 aliphatic heterocycles. The van der Waals surface area contributed by atoms with E-state index in [1.165, 1.54) is 17.7 Å². The number of benzene rings is 1. The van der Waals surface area contributed by atoms with Crippen molar-refractivity contribution in [2.45, 2.75) is 24.8 Å². The molecule has 2 unspecified atom stereocenters. The number of fused-ring (bicyclic) bond motifs is 1. The Morgan fingerprint density at radius 3 is 3.06 bits per heavy atom. The van der Waals surface area contributed by atoms with Gasteiger partial charge >= 0.3 is 0 Å². The Kier molecular flexibility index (Phi) is 3.61. The van der Waals surface area contributed by atoms with Crippen molar-refractivity contribution in [2.75, 3.05) is 11.5 Å². The summed E-state index contributed by atoms with van der Waals surface area (Å²) in [6.45, 7) is 2.00. The summed E-state index contributed by atoms with van der Waals surface area (Å²) >= 11 is 11.8. The maximum absolute atomic E-state index is 6.30. The van der Waals surface area contributed by atoms with Crippen molar-refractivity contribution in [1.82, 2.24) is 9.55 Å². The Bertz CT molecular complexity index is 576. The van der Waals surface area contributed by atoms with Crippen molar-refractivity contribution >= 4 is 50.3 Å². The predicted octanol–water partition coefficient (Wildman–Crippen LogP) is 4.78. The van der Waals surface area contributed by atoms with Crippen molar-refractivity contribution in [2.24, 2.45) is 0 Å². The minimum atomic E-state index is -0.0539. The fourth-order valence-corrected chi connectivity index (χ4v) is 4.18. The molecule has 1 fully saturated rings. The second-order valence-corrected chi connectivity index (χ2v) is 7.33. The lowest BCUT2D eigenvalue weighted by atomic mass is 10.2. The Labute approximate surface area is 124 Å². The van der Waals surface area contributed by atoms with Crippen molar-refractivity contribution < 1.29 is 0 Å². The third kappa shape index (κ3) is 2.19. The highest BCUT2D eigenvalue weighted by Crippen LogP contribution is 2.35. The summed E-state index contributed by atoms with van der Waals surface area (Å²) < 4.78 is 3.41. The lowest BCUT2D eigenvalue weighted by Crippen LogP contribution is -2.12. The summed E-state index contributed by atoms with van der Waals surface area (Å²) in [7, 11) is 0. The Morgan fingerprint density at radius 1 is 1.56 bits per heavy atom. The minimum absolute atomic E-state index is 0.0539. The van der Waals surface area contributed by atoms with E-state index in [0.717, 1.165) is 21.6 Å². The van der Waals surface area contributed by atoms with Crippen molar-refractivity contribution in [3.8, 4) is 0 Å². The average molecular weight is 346 g/mol. The molecule has 2 nitrogen and oxygen atoms in total. The molecular weight excluding hydrogens is 332 g/mol. The summed E-state index contributed by atoms with van der Waals surface area (Å²) in [5, 5.41) is -0.0539. The molecule has 0 saturated carbocycles. The van der Waals surface area contributed by atoms with Crippen LogP contribution in [0.1, 0.15) is 30.6 Å². The third-order valence-electron chi connectivity index (χ3n) is 3.31. The molecule has 0 bridgehead atoms. The largest absolute Gasteiger partial charge is 0.323 e. The second-order valence-electron chi connectivity index (χ2n) is 4.61. The van der Waals surface area contributed by atoms with Crippen LogP contribution in [0.5, 0.6) is 0 Å². The second kappa shape index (κ2) is 5.06. The van der Waals surface area contributed by atoms with Crippen LogP contribution in [0.25, 0.3) is 11.0 Å². The van der Waals surface area contributed by atoms with Crippen LogP contribution in [-0.2, 0) is 0 Å². The monoisotopic (exact) mass is 344 g/mol. The summed E-state index contributed by atoms with van der Waals surface area (Å²) in [6.07, 6.45) is 1.21. The topological polar surface area (TPSA) is 17.8 Å². The van der Waals surface area contributed by atoms with Gasteiger partial charge in [-0.15, -0.1) is 11.6 Å². The lowest BCUT2D eigenvalue weighted by Gasteiger charge is -2.16. The van der Waals surface area contributed by atoms with Crippen molar-refractivity contribution in [1.29, 1.82) is 0 Å². The highest BCUT2D eigenvalue weighted by atomic mass is 79.9. The van der Waals surface area contributed by atoms with Crippen molar-refractivity contribution in [3.05, 3.63) is 28.5 Å². The van der Waals surface area contributed by atoms with Crippen LogP contribution in [0.4, 0.5) is 0 Å². The van der Waals surface area contributed by atoms with Gasteiger partial charge in [0.05, 0.1) is 16.4 Å². The summed E-state index contributed by atoms with van der Waals surface area (Å²) in [6, 6.07) is 6.82. The van der Waals surface area contributed by atoms with Gasteiger partial charge in [-0.05, 0) is 37.3 Å². The number of rotatable bonds is 2. The molecule has 2 heterocycles. The van der Waals surface area contributed by atoms with E-state index in [0.29, 0.717) is 6.04 Å². The van der Waals surface area contributed by atoms with Gasteiger partial charge in [-0.1, -0.05) is 15.9 Å². The van der Waals surface area contributed by atoms with Gasteiger partial charge in [0.15, 0.2) is 0 Å². The SMILES string of the molecule is CC(Cl)c1nc2cc(Br)ccc2n1C1CCSC1. The number of aromatic nitrogens is 2. The van der Waals surface area contributed by atoms with Gasteiger partial charge in [-0.25, -0.2) is 4.98 Å². The normalized spacial score (nSPS) is 21.6. The molecule has 2 aromatic rings. The van der Waals surface area contributed by atoms with Crippen LogP contribution in [0.15, 0.2) is 22.7 Å². The number of alkyl halides is 1. The highest BCUT2D eigenvalue weighted by molar-refractivity contribution is 9.10. The minimum Gasteiger partial charge on any atom is -0.323 e. The van der Waals surface area contributed by atoms with E-state index in [1.54, 1.807) is 0 Å². The first-order valence-corrected chi connectivity index (χ1v) is 8.44. The first kappa shape index (κ1) is 12.8. The van der Waals surface area contributed by atoms with Gasteiger partial charge in [-0.3, -0.25) is 0 Å². The van der Waals surface area contributed by atoms with Gasteiger partial charge in [0.2, 0.25) is 0 Å². The average Bonchev–Trinajstić information content (AvgIpc) is 2.92. The fraction of sp³-hybridized carbons (Fsp3) is 0.462. The van der Waals surface area contributed by atoms with Gasteiger partial charge in [0.25, 0.3) is 0 Å². The molecule has 0 aliphatic carbocycles.